The third-order valence-electron chi connectivity index (χ3n) is 3.38. The van der Waals surface area contributed by atoms with Crippen molar-refractivity contribution in [3.05, 3.63) is 48.1 Å². The minimum atomic E-state index is -0.726. The first-order valence-corrected chi connectivity index (χ1v) is 6.36. The van der Waals surface area contributed by atoms with Crippen LogP contribution in [0.4, 0.5) is 4.39 Å². The zero-order chi connectivity index (χ0) is 14.0. The highest BCUT2D eigenvalue weighted by Gasteiger charge is 2.37. The number of ether oxygens (including phenoxy) is 2. The fourth-order valence-corrected chi connectivity index (χ4v) is 2.24. The predicted octanol–water partition coefficient (Wildman–Crippen LogP) is 2.23. The fraction of sp³-hybridized carbons (Fsp3) is 0.357. The van der Waals surface area contributed by atoms with Crippen molar-refractivity contribution >= 4 is 0 Å². The van der Waals surface area contributed by atoms with Gasteiger partial charge in [-0.1, -0.05) is 0 Å². The van der Waals surface area contributed by atoms with E-state index < -0.39 is 11.7 Å². The first kappa shape index (κ1) is 12.9. The van der Waals surface area contributed by atoms with Gasteiger partial charge < -0.3 is 9.47 Å². The van der Waals surface area contributed by atoms with Crippen molar-refractivity contribution in [2.45, 2.75) is 25.6 Å². The van der Waals surface area contributed by atoms with Crippen LogP contribution in [0.15, 0.2) is 30.7 Å². The van der Waals surface area contributed by atoms with Crippen molar-refractivity contribution in [2.75, 3.05) is 6.61 Å². The van der Waals surface area contributed by atoms with Gasteiger partial charge in [0, 0.05) is 30.6 Å². The van der Waals surface area contributed by atoms with Crippen molar-refractivity contribution in [3.63, 3.8) is 0 Å². The van der Waals surface area contributed by atoms with Crippen molar-refractivity contribution in [3.8, 4) is 5.75 Å². The molecule has 1 unspecified atom stereocenters. The molecule has 20 heavy (non-hydrogen) atoms. The molecule has 0 saturated carbocycles. The number of hydrogen-bond acceptors (Lipinski definition) is 5. The molecule has 0 radical (unpaired) electrons. The molecule has 0 fully saturated rings. The highest BCUT2D eigenvalue weighted by Crippen LogP contribution is 2.37. The predicted molar refractivity (Wildman–Crippen MR) is 68.5 cm³/mol. The van der Waals surface area contributed by atoms with E-state index in [9.17, 15) is 4.39 Å². The van der Waals surface area contributed by atoms with E-state index in [1.807, 2.05) is 6.92 Å². The lowest BCUT2D eigenvalue weighted by Crippen LogP contribution is -2.25. The highest BCUT2D eigenvalue weighted by atomic mass is 19.1. The van der Waals surface area contributed by atoms with E-state index >= 15 is 0 Å². The van der Waals surface area contributed by atoms with Gasteiger partial charge in [-0.15, -0.1) is 0 Å². The van der Waals surface area contributed by atoms with Crippen molar-refractivity contribution in [2.24, 2.45) is 0 Å². The maximum absolute atomic E-state index is 13.2. The minimum absolute atomic E-state index is 0.404. The quantitative estimate of drug-likeness (QED) is 0.801. The molecule has 0 saturated heterocycles. The van der Waals surface area contributed by atoms with Crippen LogP contribution in [0, 0.1) is 6.08 Å². The van der Waals surface area contributed by atoms with Gasteiger partial charge in [-0.05, 0) is 19.1 Å². The summed E-state index contributed by atoms with van der Waals surface area (Å²) in [4.78, 5) is 11.3. The molecule has 1 aliphatic heterocycles. The van der Waals surface area contributed by atoms with Crippen LogP contribution < -0.4 is 4.74 Å². The van der Waals surface area contributed by atoms with Gasteiger partial charge in [-0.25, -0.2) is 9.97 Å². The number of aromatic nitrogens is 3. The molecule has 0 bridgehead atoms. The van der Waals surface area contributed by atoms with E-state index in [0.717, 1.165) is 11.3 Å². The Balaban J connectivity index is 1.68. The van der Waals surface area contributed by atoms with E-state index in [0.29, 0.717) is 25.3 Å². The second-order valence-electron chi connectivity index (χ2n) is 4.81. The zero-order valence-electron chi connectivity index (χ0n) is 11.0. The highest BCUT2D eigenvalue weighted by molar-refractivity contribution is 5.26. The summed E-state index contributed by atoms with van der Waals surface area (Å²) < 4.78 is 24.5. The Morgan fingerprint density at radius 1 is 1.40 bits per heavy atom. The van der Waals surface area contributed by atoms with Crippen molar-refractivity contribution < 1.29 is 13.9 Å². The van der Waals surface area contributed by atoms with E-state index in [1.54, 1.807) is 24.5 Å². The maximum Gasteiger partial charge on any atom is 0.308 e. The van der Waals surface area contributed by atoms with Gasteiger partial charge in [0.1, 0.15) is 11.4 Å². The summed E-state index contributed by atoms with van der Waals surface area (Å²) in [5.74, 6) is 0.746. The Bertz CT molecular complexity index is 609. The summed E-state index contributed by atoms with van der Waals surface area (Å²) in [6, 6.07) is 3.57. The minimum Gasteiger partial charge on any atom is -0.493 e. The number of fused-ring (bicyclic) bond motifs is 1. The molecule has 1 aliphatic rings. The van der Waals surface area contributed by atoms with E-state index in [-0.39, 0.29) is 0 Å². The van der Waals surface area contributed by atoms with Crippen LogP contribution in [0.5, 0.6) is 5.75 Å². The fourth-order valence-electron chi connectivity index (χ4n) is 2.24. The Morgan fingerprint density at radius 3 is 3.00 bits per heavy atom. The molecule has 0 N–H and O–H groups in total. The first-order chi connectivity index (χ1) is 9.67. The standard InChI is InChI=1S/C14H14FN3O2/c1-14(4-7-19-11-2-5-16-6-3-11)12-10(9-20-14)8-17-13(15)18-12/h2-3,5-6,8H,4,7,9H2,1H3. The Kier molecular flexibility index (Phi) is 3.31. The SMILES string of the molecule is CC1(CCOc2ccncc2)OCc2cnc(F)nc21. The van der Waals surface area contributed by atoms with E-state index in [1.165, 1.54) is 6.20 Å². The topological polar surface area (TPSA) is 57.1 Å². The summed E-state index contributed by atoms with van der Waals surface area (Å²) in [6.45, 7) is 2.74. The van der Waals surface area contributed by atoms with Crippen molar-refractivity contribution in [1.29, 1.82) is 0 Å². The van der Waals surface area contributed by atoms with Crippen LogP contribution in [0.2, 0.25) is 0 Å². The van der Waals surface area contributed by atoms with E-state index in [4.69, 9.17) is 9.47 Å². The summed E-state index contributed by atoms with van der Waals surface area (Å²) in [5, 5.41) is 0. The van der Waals surface area contributed by atoms with Crippen LogP contribution in [-0.2, 0) is 16.9 Å². The number of rotatable bonds is 4. The summed E-state index contributed by atoms with van der Waals surface area (Å²) in [6.07, 6.45) is 4.67. The first-order valence-electron chi connectivity index (χ1n) is 6.36. The molecule has 104 valence electrons. The average molecular weight is 275 g/mol. The van der Waals surface area contributed by atoms with Crippen molar-refractivity contribution in [1.82, 2.24) is 15.0 Å². The largest absolute Gasteiger partial charge is 0.493 e. The van der Waals surface area contributed by atoms with Gasteiger partial charge in [-0.3, -0.25) is 4.98 Å². The number of nitrogens with zero attached hydrogens (tertiary/aromatic N) is 3. The molecule has 3 rings (SSSR count). The number of halogens is 1. The van der Waals surface area contributed by atoms with Gasteiger partial charge in [0.25, 0.3) is 0 Å². The Morgan fingerprint density at radius 2 is 2.20 bits per heavy atom. The molecule has 0 aliphatic carbocycles. The lowest BCUT2D eigenvalue weighted by atomic mass is 9.97. The Labute approximate surface area is 115 Å². The molecule has 0 amide bonds. The van der Waals surface area contributed by atoms with Crippen LogP contribution in [0.1, 0.15) is 24.6 Å². The maximum atomic E-state index is 13.2. The molecular weight excluding hydrogens is 261 g/mol. The van der Waals surface area contributed by atoms with E-state index in [2.05, 4.69) is 15.0 Å². The lowest BCUT2D eigenvalue weighted by Gasteiger charge is -2.23. The normalized spacial score (nSPS) is 20.7. The lowest BCUT2D eigenvalue weighted by molar-refractivity contribution is -0.0394. The van der Waals surface area contributed by atoms with Gasteiger partial charge in [-0.2, -0.15) is 4.39 Å². The molecule has 6 heteroatoms. The molecule has 5 nitrogen and oxygen atoms in total. The number of hydrogen-bond donors (Lipinski definition) is 0. The molecule has 3 heterocycles. The summed E-state index contributed by atoms with van der Waals surface area (Å²) in [7, 11) is 0. The second-order valence-corrected chi connectivity index (χ2v) is 4.81. The molecule has 2 aromatic rings. The Hall–Kier alpha value is -2.08. The summed E-state index contributed by atoms with van der Waals surface area (Å²) in [5.41, 5.74) is 0.813. The third kappa shape index (κ3) is 2.46. The van der Waals surface area contributed by atoms with Gasteiger partial charge in [0.2, 0.25) is 0 Å². The molecule has 1 atom stereocenters. The zero-order valence-corrected chi connectivity index (χ0v) is 11.0. The molecule has 2 aromatic heterocycles. The summed E-state index contributed by atoms with van der Waals surface area (Å²) >= 11 is 0. The van der Waals surface area contributed by atoms with Gasteiger partial charge in [0.15, 0.2) is 0 Å². The van der Waals surface area contributed by atoms with Gasteiger partial charge in [0.05, 0.1) is 18.9 Å². The van der Waals surface area contributed by atoms with Crippen LogP contribution in [0.3, 0.4) is 0 Å². The van der Waals surface area contributed by atoms with Gasteiger partial charge >= 0.3 is 6.08 Å². The second kappa shape index (κ2) is 5.13. The number of pyridine rings is 1. The van der Waals surface area contributed by atoms with Crippen LogP contribution in [-0.4, -0.2) is 21.6 Å². The smallest absolute Gasteiger partial charge is 0.308 e. The van der Waals surface area contributed by atoms with Crippen LogP contribution >= 0.6 is 0 Å². The molecular formula is C14H14FN3O2. The average Bonchev–Trinajstić information content (AvgIpc) is 2.78. The molecule has 0 aromatic carbocycles. The molecule has 0 spiro atoms. The monoisotopic (exact) mass is 275 g/mol. The van der Waals surface area contributed by atoms with Crippen LogP contribution in [0.25, 0.3) is 0 Å². The third-order valence-corrected chi connectivity index (χ3v) is 3.38.